The van der Waals surface area contributed by atoms with Gasteiger partial charge in [0.05, 0.1) is 19.8 Å². The minimum absolute atomic E-state index is 0.653. The molecule has 1 N–H and O–H groups in total. The molecule has 1 fully saturated rings. The first-order chi connectivity index (χ1) is 5.41. The number of hydrogen-bond acceptors (Lipinski definition) is 3. The topological polar surface area (TPSA) is 30.5 Å². The van der Waals surface area contributed by atoms with Gasteiger partial charge in [0.1, 0.15) is 0 Å². The molecular formula is C8H17NO2. The Bertz CT molecular complexity index is 70.7. The third kappa shape index (κ3) is 9.62. The van der Waals surface area contributed by atoms with Gasteiger partial charge in [-0.15, -0.1) is 6.58 Å². The van der Waals surface area contributed by atoms with Gasteiger partial charge >= 0.3 is 0 Å². The predicted octanol–water partition coefficient (Wildman–Crippen LogP) is 0.425. The van der Waals surface area contributed by atoms with E-state index >= 15 is 0 Å². The van der Waals surface area contributed by atoms with Gasteiger partial charge < -0.3 is 14.8 Å². The summed E-state index contributed by atoms with van der Waals surface area (Å²) in [5.74, 6) is 0. The molecule has 0 aliphatic carbocycles. The molecule has 1 aliphatic rings. The van der Waals surface area contributed by atoms with Crippen LogP contribution >= 0.6 is 0 Å². The van der Waals surface area contributed by atoms with Gasteiger partial charge in [0, 0.05) is 20.2 Å². The predicted molar refractivity (Wildman–Crippen MR) is 45.8 cm³/mol. The van der Waals surface area contributed by atoms with Gasteiger partial charge in [-0.25, -0.2) is 0 Å². The van der Waals surface area contributed by atoms with E-state index in [0.29, 0.717) is 6.61 Å². The van der Waals surface area contributed by atoms with Gasteiger partial charge in [-0.05, 0) is 0 Å². The molecule has 1 heterocycles. The molecule has 0 saturated carbocycles. The van der Waals surface area contributed by atoms with E-state index in [-0.39, 0.29) is 0 Å². The number of hydrogen-bond donors (Lipinski definition) is 1. The van der Waals surface area contributed by atoms with Crippen LogP contribution in [0.3, 0.4) is 0 Å². The zero-order valence-corrected chi connectivity index (χ0v) is 7.14. The summed E-state index contributed by atoms with van der Waals surface area (Å²) in [6.45, 7) is 7.91. The van der Waals surface area contributed by atoms with Crippen molar-refractivity contribution in [2.75, 3.05) is 40.0 Å². The molecule has 0 spiro atoms. The van der Waals surface area contributed by atoms with E-state index in [1.165, 1.54) is 0 Å². The molecular weight excluding hydrogens is 142 g/mol. The molecule has 3 nitrogen and oxygen atoms in total. The minimum Gasteiger partial charge on any atom is -0.381 e. The van der Waals surface area contributed by atoms with Crippen LogP contribution in [0.1, 0.15) is 0 Å². The average molecular weight is 159 g/mol. The molecule has 11 heavy (non-hydrogen) atoms. The highest BCUT2D eigenvalue weighted by molar-refractivity contribution is 4.62. The Morgan fingerprint density at radius 1 is 1.55 bits per heavy atom. The third-order valence-electron chi connectivity index (χ3n) is 1.13. The summed E-state index contributed by atoms with van der Waals surface area (Å²) in [6, 6.07) is 0. The van der Waals surface area contributed by atoms with Gasteiger partial charge in [0.2, 0.25) is 0 Å². The zero-order chi connectivity index (χ0) is 8.36. The van der Waals surface area contributed by atoms with Crippen LogP contribution in [0.5, 0.6) is 0 Å². The molecule has 1 aliphatic heterocycles. The SMILES string of the molecule is C1COCCN1.C=CCOC. The van der Waals surface area contributed by atoms with E-state index in [0.717, 1.165) is 26.3 Å². The van der Waals surface area contributed by atoms with Crippen LogP contribution in [0.2, 0.25) is 0 Å². The Morgan fingerprint density at radius 2 is 2.18 bits per heavy atom. The van der Waals surface area contributed by atoms with Gasteiger partial charge in [-0.1, -0.05) is 6.08 Å². The van der Waals surface area contributed by atoms with Crippen molar-refractivity contribution in [3.63, 3.8) is 0 Å². The molecule has 0 radical (unpaired) electrons. The van der Waals surface area contributed by atoms with E-state index in [4.69, 9.17) is 4.74 Å². The third-order valence-corrected chi connectivity index (χ3v) is 1.13. The van der Waals surface area contributed by atoms with E-state index in [1.807, 2.05) is 0 Å². The summed E-state index contributed by atoms with van der Waals surface area (Å²) < 4.78 is 9.58. The second-order valence-electron chi connectivity index (χ2n) is 2.11. The fraction of sp³-hybridized carbons (Fsp3) is 0.750. The number of ether oxygens (including phenoxy) is 2. The lowest BCUT2D eigenvalue weighted by atomic mass is 10.5. The monoisotopic (exact) mass is 159 g/mol. The van der Waals surface area contributed by atoms with Crippen molar-refractivity contribution in [1.29, 1.82) is 0 Å². The van der Waals surface area contributed by atoms with Crippen LogP contribution in [0.4, 0.5) is 0 Å². The fourth-order valence-corrected chi connectivity index (χ4v) is 0.634. The normalized spacial score (nSPS) is 16.5. The lowest BCUT2D eigenvalue weighted by molar-refractivity contribution is 0.109. The highest BCUT2D eigenvalue weighted by Gasteiger charge is 1.92. The number of nitrogens with one attached hydrogen (secondary N) is 1. The van der Waals surface area contributed by atoms with E-state index in [2.05, 4.69) is 16.6 Å². The number of rotatable bonds is 2. The molecule has 1 saturated heterocycles. The Hall–Kier alpha value is -0.380. The van der Waals surface area contributed by atoms with Crippen LogP contribution in [0, 0.1) is 0 Å². The first-order valence-electron chi connectivity index (χ1n) is 3.80. The van der Waals surface area contributed by atoms with Crippen molar-refractivity contribution >= 4 is 0 Å². The molecule has 0 bridgehead atoms. The van der Waals surface area contributed by atoms with Crippen LogP contribution in [-0.4, -0.2) is 40.0 Å². The summed E-state index contributed by atoms with van der Waals surface area (Å²) in [7, 11) is 1.64. The first kappa shape index (κ1) is 10.6. The molecule has 0 atom stereocenters. The standard InChI is InChI=1S/C4H9NO.C4H8O/c1-3-6-4-2-5-1;1-3-4-5-2/h5H,1-4H2;3H,1,4H2,2H3. The van der Waals surface area contributed by atoms with Gasteiger partial charge in [-0.2, -0.15) is 0 Å². The smallest absolute Gasteiger partial charge is 0.0641 e. The number of morpholine rings is 1. The second kappa shape index (κ2) is 9.62. The highest BCUT2D eigenvalue weighted by atomic mass is 16.5. The Kier molecular flexibility index (Phi) is 9.29. The lowest BCUT2D eigenvalue weighted by Crippen LogP contribution is -2.30. The second-order valence-corrected chi connectivity index (χ2v) is 2.11. The van der Waals surface area contributed by atoms with E-state index < -0.39 is 0 Å². The van der Waals surface area contributed by atoms with Crippen molar-refractivity contribution in [1.82, 2.24) is 5.32 Å². The number of methoxy groups -OCH3 is 1. The minimum atomic E-state index is 0.653. The molecule has 3 heteroatoms. The van der Waals surface area contributed by atoms with Crippen molar-refractivity contribution in [2.24, 2.45) is 0 Å². The van der Waals surface area contributed by atoms with Crippen molar-refractivity contribution in [3.05, 3.63) is 12.7 Å². The van der Waals surface area contributed by atoms with Crippen LogP contribution in [-0.2, 0) is 9.47 Å². The molecule has 66 valence electrons. The quantitative estimate of drug-likeness (QED) is 0.592. The van der Waals surface area contributed by atoms with Gasteiger partial charge in [-0.3, -0.25) is 0 Å². The highest BCUT2D eigenvalue weighted by Crippen LogP contribution is 1.76. The van der Waals surface area contributed by atoms with Gasteiger partial charge in [0.15, 0.2) is 0 Å². The molecule has 1 rings (SSSR count). The van der Waals surface area contributed by atoms with Crippen LogP contribution in [0.15, 0.2) is 12.7 Å². The molecule has 0 amide bonds. The summed E-state index contributed by atoms with van der Waals surface area (Å²) >= 11 is 0. The maximum atomic E-state index is 5.01. The van der Waals surface area contributed by atoms with Gasteiger partial charge in [0.25, 0.3) is 0 Å². The zero-order valence-electron chi connectivity index (χ0n) is 7.14. The summed E-state index contributed by atoms with van der Waals surface area (Å²) in [5, 5.41) is 3.16. The molecule has 0 unspecified atom stereocenters. The molecule has 0 aromatic carbocycles. The van der Waals surface area contributed by atoms with Crippen molar-refractivity contribution < 1.29 is 9.47 Å². The largest absolute Gasteiger partial charge is 0.381 e. The Morgan fingerprint density at radius 3 is 2.27 bits per heavy atom. The average Bonchev–Trinajstić information content (AvgIpc) is 2.10. The Labute approximate surface area is 68.4 Å². The Balaban J connectivity index is 0.000000187. The van der Waals surface area contributed by atoms with Crippen LogP contribution < -0.4 is 5.32 Å². The maximum Gasteiger partial charge on any atom is 0.0641 e. The summed E-state index contributed by atoms with van der Waals surface area (Å²) in [6.07, 6.45) is 1.71. The first-order valence-corrected chi connectivity index (χ1v) is 3.80. The molecule has 0 aromatic rings. The van der Waals surface area contributed by atoms with Crippen LogP contribution in [0.25, 0.3) is 0 Å². The maximum absolute atomic E-state index is 5.01. The summed E-state index contributed by atoms with van der Waals surface area (Å²) in [5.41, 5.74) is 0. The summed E-state index contributed by atoms with van der Waals surface area (Å²) in [4.78, 5) is 0. The van der Waals surface area contributed by atoms with Crippen molar-refractivity contribution in [2.45, 2.75) is 0 Å². The lowest BCUT2D eigenvalue weighted by Gasteiger charge is -2.10. The van der Waals surface area contributed by atoms with E-state index in [9.17, 15) is 0 Å². The fourth-order valence-electron chi connectivity index (χ4n) is 0.634. The van der Waals surface area contributed by atoms with Crippen molar-refractivity contribution in [3.8, 4) is 0 Å². The van der Waals surface area contributed by atoms with E-state index in [1.54, 1.807) is 13.2 Å². The molecule has 0 aromatic heterocycles.